The zero-order valence-electron chi connectivity index (χ0n) is 16.9. The summed E-state index contributed by atoms with van der Waals surface area (Å²) in [5.74, 6) is -3.61. The SMILES string of the molecule is O=C(CN(C(=O)c1cccc([N+](=O)[O-])c1)N1C(=O)[C@H]2CC=CC[C@H]2C1=O)c1ccccc1. The number of fused-ring (bicyclic) bond motifs is 1. The number of hydrogen-bond donors (Lipinski definition) is 0. The predicted octanol–water partition coefficient (Wildman–Crippen LogP) is 2.79. The van der Waals surface area contributed by atoms with Gasteiger partial charge >= 0.3 is 0 Å². The van der Waals surface area contributed by atoms with Crippen LogP contribution < -0.4 is 0 Å². The van der Waals surface area contributed by atoms with Crippen LogP contribution in [0.5, 0.6) is 0 Å². The normalized spacial score (nSPS) is 19.6. The summed E-state index contributed by atoms with van der Waals surface area (Å²) in [6, 6.07) is 13.1. The quantitative estimate of drug-likeness (QED) is 0.227. The Morgan fingerprint density at radius 1 is 0.938 bits per heavy atom. The lowest BCUT2D eigenvalue weighted by molar-refractivity contribution is -0.384. The van der Waals surface area contributed by atoms with Crippen LogP contribution in [-0.2, 0) is 9.59 Å². The summed E-state index contributed by atoms with van der Waals surface area (Å²) in [4.78, 5) is 62.9. The van der Waals surface area contributed by atoms with E-state index < -0.39 is 46.8 Å². The lowest BCUT2D eigenvalue weighted by Gasteiger charge is -2.30. The molecule has 2 aliphatic rings. The molecule has 2 aromatic carbocycles. The minimum Gasteiger partial charge on any atom is -0.292 e. The molecule has 2 aromatic rings. The molecule has 1 heterocycles. The van der Waals surface area contributed by atoms with E-state index in [0.717, 1.165) is 16.1 Å². The topological polar surface area (TPSA) is 118 Å². The summed E-state index contributed by atoms with van der Waals surface area (Å²) < 4.78 is 0. The van der Waals surface area contributed by atoms with Gasteiger partial charge in [0.1, 0.15) is 6.54 Å². The smallest absolute Gasteiger partial charge is 0.273 e. The number of ketones is 1. The van der Waals surface area contributed by atoms with Crippen LogP contribution in [-0.4, -0.2) is 45.0 Å². The molecule has 32 heavy (non-hydrogen) atoms. The Labute approximate surface area is 183 Å². The highest BCUT2D eigenvalue weighted by Gasteiger charge is 2.51. The van der Waals surface area contributed by atoms with Crippen LogP contribution in [0.4, 0.5) is 5.69 Å². The number of nitrogens with zero attached hydrogens (tertiary/aromatic N) is 3. The molecular weight excluding hydrogens is 414 g/mol. The second-order valence-corrected chi connectivity index (χ2v) is 7.60. The number of nitro benzene ring substituents is 1. The molecule has 1 saturated heterocycles. The number of carbonyl (C=O) groups excluding carboxylic acids is 4. The van der Waals surface area contributed by atoms with Crippen molar-refractivity contribution in [2.24, 2.45) is 11.8 Å². The Hall–Kier alpha value is -4.14. The summed E-state index contributed by atoms with van der Waals surface area (Å²) in [5.41, 5.74) is -0.113. The first kappa shape index (κ1) is 21.1. The second-order valence-electron chi connectivity index (χ2n) is 7.60. The third-order valence-electron chi connectivity index (χ3n) is 5.65. The monoisotopic (exact) mass is 433 g/mol. The van der Waals surface area contributed by atoms with E-state index >= 15 is 0 Å². The summed E-state index contributed by atoms with van der Waals surface area (Å²) >= 11 is 0. The number of allylic oxidation sites excluding steroid dienone is 2. The van der Waals surface area contributed by atoms with Crippen LogP contribution >= 0.6 is 0 Å². The third-order valence-corrected chi connectivity index (χ3v) is 5.65. The summed E-state index contributed by atoms with van der Waals surface area (Å²) in [6.07, 6.45) is 4.38. The Morgan fingerprint density at radius 2 is 1.53 bits per heavy atom. The average Bonchev–Trinajstić information content (AvgIpc) is 3.07. The van der Waals surface area contributed by atoms with Gasteiger partial charge in [-0.2, -0.15) is 5.01 Å². The van der Waals surface area contributed by atoms with Crippen molar-refractivity contribution in [3.05, 3.63) is 88.0 Å². The lowest BCUT2D eigenvalue weighted by atomic mass is 9.85. The molecule has 9 heteroatoms. The molecule has 1 aliphatic heterocycles. The fraction of sp³-hybridized carbons (Fsp3) is 0.217. The number of benzene rings is 2. The van der Waals surface area contributed by atoms with Crippen molar-refractivity contribution in [2.75, 3.05) is 6.54 Å². The van der Waals surface area contributed by atoms with Gasteiger partial charge in [0.25, 0.3) is 23.4 Å². The van der Waals surface area contributed by atoms with Crippen molar-refractivity contribution in [1.29, 1.82) is 0 Å². The number of hydrazine groups is 1. The molecule has 3 amide bonds. The van der Waals surface area contributed by atoms with Gasteiger partial charge in [-0.05, 0) is 18.9 Å². The van der Waals surface area contributed by atoms with E-state index in [-0.39, 0.29) is 11.3 Å². The van der Waals surface area contributed by atoms with Crippen molar-refractivity contribution < 1.29 is 24.1 Å². The van der Waals surface area contributed by atoms with E-state index in [2.05, 4.69) is 0 Å². The Kier molecular flexibility index (Phi) is 5.63. The van der Waals surface area contributed by atoms with Crippen molar-refractivity contribution >= 4 is 29.2 Å². The first-order valence-corrected chi connectivity index (χ1v) is 10.1. The van der Waals surface area contributed by atoms with Gasteiger partial charge in [-0.25, -0.2) is 5.01 Å². The highest BCUT2D eigenvalue weighted by Crippen LogP contribution is 2.36. The van der Waals surface area contributed by atoms with Gasteiger partial charge in [0.2, 0.25) is 0 Å². The summed E-state index contributed by atoms with van der Waals surface area (Å²) in [7, 11) is 0. The van der Waals surface area contributed by atoms with Gasteiger partial charge in [-0.15, -0.1) is 0 Å². The number of hydrogen-bond acceptors (Lipinski definition) is 6. The molecule has 0 aromatic heterocycles. The van der Waals surface area contributed by atoms with E-state index in [1.165, 1.54) is 18.2 Å². The highest BCUT2D eigenvalue weighted by molar-refractivity contribution is 6.09. The lowest BCUT2D eigenvalue weighted by Crippen LogP contribution is -2.52. The highest BCUT2D eigenvalue weighted by atomic mass is 16.6. The molecule has 0 saturated carbocycles. The van der Waals surface area contributed by atoms with Crippen molar-refractivity contribution in [3.8, 4) is 0 Å². The predicted molar refractivity (Wildman–Crippen MR) is 112 cm³/mol. The third kappa shape index (κ3) is 3.80. The zero-order valence-corrected chi connectivity index (χ0v) is 16.9. The molecular formula is C23H19N3O6. The molecule has 0 unspecified atom stereocenters. The van der Waals surface area contributed by atoms with E-state index in [1.807, 2.05) is 12.2 Å². The number of carbonyl (C=O) groups is 4. The number of amides is 3. The van der Waals surface area contributed by atoms with Gasteiger partial charge in [-0.1, -0.05) is 48.6 Å². The van der Waals surface area contributed by atoms with Crippen LogP contribution in [0.25, 0.3) is 0 Å². The molecule has 2 atom stereocenters. The van der Waals surface area contributed by atoms with Gasteiger partial charge < -0.3 is 0 Å². The minimum atomic E-state index is -0.841. The Balaban J connectivity index is 1.71. The Bertz CT molecular complexity index is 1120. The van der Waals surface area contributed by atoms with Gasteiger partial charge in [0.05, 0.1) is 16.8 Å². The zero-order chi connectivity index (χ0) is 22.8. The maximum atomic E-state index is 13.4. The fourth-order valence-corrected chi connectivity index (χ4v) is 4.01. The Morgan fingerprint density at radius 3 is 2.12 bits per heavy atom. The van der Waals surface area contributed by atoms with Gasteiger partial charge in [0.15, 0.2) is 5.78 Å². The van der Waals surface area contributed by atoms with E-state index in [0.29, 0.717) is 18.4 Å². The van der Waals surface area contributed by atoms with E-state index in [1.54, 1.807) is 30.3 Å². The molecule has 162 valence electrons. The molecule has 0 spiro atoms. The maximum absolute atomic E-state index is 13.4. The van der Waals surface area contributed by atoms with Crippen LogP contribution in [0.15, 0.2) is 66.7 Å². The standard InChI is InChI=1S/C23H19N3O6/c27-20(15-7-2-1-3-8-15)14-24(21(28)16-9-6-10-17(13-16)26(31)32)25-22(29)18-11-4-5-12-19(18)23(25)30/h1-10,13,18-19H,11-12,14H2/t18-,19+. The van der Waals surface area contributed by atoms with Crippen molar-refractivity contribution in [2.45, 2.75) is 12.8 Å². The molecule has 0 bridgehead atoms. The first-order chi connectivity index (χ1) is 15.4. The molecule has 4 rings (SSSR count). The largest absolute Gasteiger partial charge is 0.292 e. The van der Waals surface area contributed by atoms with Gasteiger partial charge in [-0.3, -0.25) is 29.3 Å². The number of non-ortho nitro benzene ring substituents is 1. The van der Waals surface area contributed by atoms with Crippen molar-refractivity contribution in [3.63, 3.8) is 0 Å². The second kappa shape index (κ2) is 8.54. The maximum Gasteiger partial charge on any atom is 0.273 e. The molecule has 1 aliphatic carbocycles. The van der Waals surface area contributed by atoms with Crippen LogP contribution in [0.1, 0.15) is 33.6 Å². The average molecular weight is 433 g/mol. The van der Waals surface area contributed by atoms with E-state index in [4.69, 9.17) is 0 Å². The molecule has 0 radical (unpaired) electrons. The summed E-state index contributed by atoms with van der Waals surface area (Å²) in [5, 5.41) is 12.7. The number of nitro groups is 1. The van der Waals surface area contributed by atoms with Gasteiger partial charge in [0, 0.05) is 23.3 Å². The minimum absolute atomic E-state index is 0.103. The number of rotatable bonds is 6. The number of Topliss-reactive ketones (excluding diaryl/α,β-unsaturated/α-hetero) is 1. The molecule has 1 fully saturated rings. The van der Waals surface area contributed by atoms with E-state index in [9.17, 15) is 29.3 Å². The fourth-order valence-electron chi connectivity index (χ4n) is 4.01. The summed E-state index contributed by atoms with van der Waals surface area (Å²) in [6.45, 7) is -0.560. The molecule has 0 N–H and O–H groups in total. The number of imide groups is 1. The van der Waals surface area contributed by atoms with Crippen molar-refractivity contribution in [1.82, 2.24) is 10.0 Å². The first-order valence-electron chi connectivity index (χ1n) is 10.1. The molecule has 9 nitrogen and oxygen atoms in total. The van der Waals surface area contributed by atoms with Crippen LogP contribution in [0.2, 0.25) is 0 Å². The van der Waals surface area contributed by atoms with Crippen LogP contribution in [0, 0.1) is 22.0 Å². The van der Waals surface area contributed by atoms with Crippen LogP contribution in [0.3, 0.4) is 0 Å².